The van der Waals surface area contributed by atoms with Crippen LogP contribution in [0.15, 0.2) is 23.8 Å². The van der Waals surface area contributed by atoms with Crippen LogP contribution < -0.4 is 0 Å². The van der Waals surface area contributed by atoms with Crippen LogP contribution in [0.5, 0.6) is 0 Å². The van der Waals surface area contributed by atoms with Crippen molar-refractivity contribution < 1.29 is 14.6 Å². The Kier molecular flexibility index (Phi) is 13.4. The number of rotatable bonds is 7. The summed E-state index contributed by atoms with van der Waals surface area (Å²) in [6.07, 6.45) is 10.6. The zero-order chi connectivity index (χ0) is 17.0. The smallest absolute Gasteiger partial charge is 0.0683 e. The molecule has 0 bridgehead atoms. The third-order valence-corrected chi connectivity index (χ3v) is 5.99. The predicted molar refractivity (Wildman–Crippen MR) is 93.2 cm³/mol. The van der Waals surface area contributed by atoms with Gasteiger partial charge in [0.25, 0.3) is 0 Å². The Balaban J connectivity index is 0.00000211. The molecule has 22 heavy (non-hydrogen) atoms. The number of aliphatic hydroxyl groups excluding tert-OH is 1. The molecule has 0 aromatic heterocycles. The molecule has 0 aromatic carbocycles. The fourth-order valence-corrected chi connectivity index (χ4v) is 3.76. The Morgan fingerprint density at radius 2 is 1.91 bits per heavy atom. The molecule has 1 rings (SSSR count). The summed E-state index contributed by atoms with van der Waals surface area (Å²) in [7, 11) is 0. The van der Waals surface area contributed by atoms with E-state index in [4.69, 9.17) is 4.74 Å². The topological polar surface area (TPSA) is 46.5 Å². The minimum Gasteiger partial charge on any atom is -0.0683 e. The second kappa shape index (κ2) is 13.4. The second-order valence-corrected chi connectivity index (χ2v) is 8.56. The summed E-state index contributed by atoms with van der Waals surface area (Å²) < 4.78 is 6.87. The summed E-state index contributed by atoms with van der Waals surface area (Å²) in [6.45, 7) is 7.85. The van der Waals surface area contributed by atoms with E-state index in [0.29, 0.717) is 18.3 Å². The molecule has 1 fully saturated rings. The molecule has 1 atom stereocenters. The van der Waals surface area contributed by atoms with Crippen LogP contribution in [0, 0.1) is 5.92 Å². The van der Waals surface area contributed by atoms with Crippen molar-refractivity contribution in [2.75, 3.05) is 13.2 Å². The monoisotopic (exact) mass is 503 g/mol. The Bertz CT molecular complexity index is 355. The maximum Gasteiger partial charge on any atom is -0.0683 e. The first-order chi connectivity index (χ1) is 10.6. The molecule has 1 N–H and O–H groups in total. The number of ether oxygens (including phenoxy) is 1. The molecule has 1 aliphatic rings. The third-order valence-electron chi connectivity index (χ3n) is 3.74. The van der Waals surface area contributed by atoms with Crippen molar-refractivity contribution in [1.29, 1.82) is 0 Å². The zero-order valence-corrected chi connectivity index (χ0v) is 18.4. The van der Waals surface area contributed by atoms with E-state index in [9.17, 15) is 9.90 Å². The first kappa shape index (κ1) is 22.0. The van der Waals surface area contributed by atoms with Gasteiger partial charge in [-0.3, -0.25) is 0 Å². The van der Waals surface area contributed by atoms with Crippen molar-refractivity contribution in [1.82, 2.24) is 0 Å². The fourth-order valence-electron chi connectivity index (χ4n) is 2.46. The normalized spacial score (nSPS) is 23.8. The largest absolute Gasteiger partial charge is 0.0683 e. The number of carbonyl (C=O) groups excluding carboxylic acids is 1. The first-order valence-electron chi connectivity index (χ1n) is 8.35. The summed E-state index contributed by atoms with van der Waals surface area (Å²) in [5, 5.41) is 9.52. The van der Waals surface area contributed by atoms with Crippen LogP contribution in [-0.2, 0) is 9.53 Å². The molecule has 3 nitrogen and oxygen atoms in total. The van der Waals surface area contributed by atoms with E-state index in [0.717, 1.165) is 16.3 Å². The van der Waals surface area contributed by atoms with Crippen LogP contribution in [0.2, 0.25) is 3.48 Å². The summed E-state index contributed by atoms with van der Waals surface area (Å²) in [4.78, 5) is 11.7. The van der Waals surface area contributed by atoms with Gasteiger partial charge in [-0.05, 0) is 0 Å². The molecular weight excluding hydrogens is 471 g/mol. The van der Waals surface area contributed by atoms with Gasteiger partial charge in [-0.25, -0.2) is 0 Å². The number of allylic oxidation sites excluding steroid dienone is 3. The van der Waals surface area contributed by atoms with E-state index in [-0.39, 0.29) is 18.3 Å². The number of ketones is 1. The van der Waals surface area contributed by atoms with Crippen LogP contribution in [0.3, 0.4) is 0 Å². The number of hydrogen-bond donors (Lipinski definition) is 1. The van der Waals surface area contributed by atoms with E-state index >= 15 is 0 Å². The van der Waals surface area contributed by atoms with Crippen molar-refractivity contribution in [2.24, 2.45) is 5.92 Å². The first-order valence-corrected chi connectivity index (χ1v) is 10.6. The van der Waals surface area contributed by atoms with E-state index in [1.165, 1.54) is 38.6 Å². The van der Waals surface area contributed by atoms with Crippen LogP contribution in [0.1, 0.15) is 53.4 Å². The Hall–Kier alpha value is -0.00792. The molecular formula is C18H31O3Pb. The number of hydrogen-bond acceptors (Lipinski definition) is 3. The fraction of sp³-hybridized carbons (Fsp3) is 0.722. The van der Waals surface area contributed by atoms with Gasteiger partial charge in [-0.2, -0.15) is 0 Å². The van der Waals surface area contributed by atoms with Gasteiger partial charge in [0.05, 0.1) is 0 Å². The maximum absolute atomic E-state index is 11.7. The minimum atomic E-state index is -0.211. The van der Waals surface area contributed by atoms with Gasteiger partial charge in [0.15, 0.2) is 0 Å². The van der Waals surface area contributed by atoms with E-state index < -0.39 is 0 Å². The number of aliphatic hydroxyl groups is 1. The average molecular weight is 503 g/mol. The number of carbonyl (C=O) groups is 1. The molecule has 0 heterocycles. The quantitative estimate of drug-likeness (QED) is 0.329. The SMILES string of the molecule is C/C=C\C=C(/C(C)=O)C(CO)COC1CC[CH]([Pb])CC1.CC. The van der Waals surface area contributed by atoms with E-state index in [2.05, 4.69) is 0 Å². The van der Waals surface area contributed by atoms with Gasteiger partial charge in [-0.1, -0.05) is 13.8 Å². The van der Waals surface area contributed by atoms with Crippen LogP contribution >= 0.6 is 0 Å². The second-order valence-electron chi connectivity index (χ2n) is 5.39. The molecule has 3 radical (unpaired) electrons. The summed E-state index contributed by atoms with van der Waals surface area (Å²) in [6, 6.07) is 0. The molecule has 0 aromatic rings. The zero-order valence-electron chi connectivity index (χ0n) is 14.5. The molecule has 0 aliphatic heterocycles. The van der Waals surface area contributed by atoms with Crippen LogP contribution in [-0.4, -0.2) is 56.0 Å². The standard InChI is InChI=1S/C16H25O3.C2H6.Pb/c1-3-4-10-16(13(2)18)14(11-17)12-19-15-8-6-5-7-9-15;1-2;/h3-5,10,14-15,17H,6-9,11-12H2,1-2H3;1-2H3;/b4-3-,16-10+;;. The van der Waals surface area contributed by atoms with Crippen LogP contribution in [0.4, 0.5) is 0 Å². The molecule has 0 spiro atoms. The molecule has 0 saturated heterocycles. The Morgan fingerprint density at radius 3 is 2.36 bits per heavy atom. The molecule has 0 amide bonds. The maximum atomic E-state index is 11.7. The summed E-state index contributed by atoms with van der Waals surface area (Å²) in [5.74, 6) is -0.202. The van der Waals surface area contributed by atoms with Gasteiger partial charge in [0, 0.05) is 0 Å². The molecule has 1 unspecified atom stereocenters. The van der Waals surface area contributed by atoms with Gasteiger partial charge >= 0.3 is 138 Å². The molecule has 125 valence electrons. The Labute approximate surface area is 151 Å². The summed E-state index contributed by atoms with van der Waals surface area (Å²) in [5.41, 5.74) is 0.655. The van der Waals surface area contributed by atoms with Crippen molar-refractivity contribution in [3.05, 3.63) is 23.8 Å². The van der Waals surface area contributed by atoms with Gasteiger partial charge in [0.1, 0.15) is 0 Å². The molecule has 4 heteroatoms. The van der Waals surface area contributed by atoms with E-state index in [1.54, 1.807) is 13.0 Å². The third kappa shape index (κ3) is 8.58. The minimum absolute atomic E-state index is 0.00835. The molecule has 1 saturated carbocycles. The van der Waals surface area contributed by atoms with Crippen molar-refractivity contribution in [3.8, 4) is 0 Å². The van der Waals surface area contributed by atoms with E-state index in [1.807, 2.05) is 32.9 Å². The van der Waals surface area contributed by atoms with Gasteiger partial charge in [-0.15, -0.1) is 0 Å². The van der Waals surface area contributed by atoms with Crippen LogP contribution in [0.25, 0.3) is 0 Å². The van der Waals surface area contributed by atoms with Crippen molar-refractivity contribution >= 4 is 31.6 Å². The summed E-state index contributed by atoms with van der Waals surface area (Å²) >= 11 is 1.28. The van der Waals surface area contributed by atoms with Crippen molar-refractivity contribution in [2.45, 2.75) is 63.0 Å². The Morgan fingerprint density at radius 1 is 1.32 bits per heavy atom. The average Bonchev–Trinajstić information content (AvgIpc) is 2.53. The van der Waals surface area contributed by atoms with Gasteiger partial charge < -0.3 is 0 Å². The number of Topliss-reactive ketones (excluding diaryl/α,β-unsaturated/α-hetero) is 1. The van der Waals surface area contributed by atoms with Gasteiger partial charge in [0.2, 0.25) is 0 Å². The molecule has 1 aliphatic carbocycles. The van der Waals surface area contributed by atoms with Crippen molar-refractivity contribution in [3.63, 3.8) is 0 Å². The predicted octanol–water partition coefficient (Wildman–Crippen LogP) is 3.63.